The zero-order valence-corrected chi connectivity index (χ0v) is 14.0. The Balaban J connectivity index is 2.20. The Morgan fingerprint density at radius 2 is 2.10 bits per heavy atom. The van der Waals surface area contributed by atoms with E-state index in [0.717, 1.165) is 25.2 Å². The van der Waals surface area contributed by atoms with Crippen molar-refractivity contribution in [3.8, 4) is 0 Å². The average molecular weight is 312 g/mol. The normalized spacial score (nSPS) is 20.6. The Kier molecular flexibility index (Phi) is 4.58. The number of anilines is 1. The molecule has 1 atom stereocenters. The van der Waals surface area contributed by atoms with Crippen molar-refractivity contribution in [3.63, 3.8) is 0 Å². The summed E-state index contributed by atoms with van der Waals surface area (Å²) in [7, 11) is -3.39. The Morgan fingerprint density at radius 1 is 1.38 bits per heavy atom. The number of pyridine rings is 1. The van der Waals surface area contributed by atoms with Crippen LogP contribution >= 0.6 is 0 Å². The quantitative estimate of drug-likeness (QED) is 0.857. The van der Waals surface area contributed by atoms with Crippen molar-refractivity contribution >= 4 is 15.5 Å². The van der Waals surface area contributed by atoms with Crippen molar-refractivity contribution in [2.24, 2.45) is 0 Å². The minimum absolute atomic E-state index is 0.138. The number of sulfone groups is 1. The third-order valence-electron chi connectivity index (χ3n) is 3.76. The molecule has 118 valence electrons. The molecule has 0 N–H and O–H groups in total. The molecule has 0 amide bonds. The number of morpholine rings is 1. The van der Waals surface area contributed by atoms with E-state index in [-0.39, 0.29) is 11.1 Å². The monoisotopic (exact) mass is 312 g/mol. The maximum absolute atomic E-state index is 12.3. The highest BCUT2D eigenvalue weighted by atomic mass is 32.2. The second kappa shape index (κ2) is 5.93. The van der Waals surface area contributed by atoms with E-state index in [4.69, 9.17) is 4.74 Å². The molecular weight excluding hydrogens is 288 g/mol. The zero-order chi connectivity index (χ0) is 15.7. The molecule has 1 aromatic rings. The van der Waals surface area contributed by atoms with E-state index in [1.807, 2.05) is 6.07 Å². The van der Waals surface area contributed by atoms with E-state index in [0.29, 0.717) is 6.61 Å². The highest BCUT2D eigenvalue weighted by molar-refractivity contribution is 7.92. The van der Waals surface area contributed by atoms with Crippen LogP contribution in [0.1, 0.15) is 34.1 Å². The molecule has 1 aliphatic rings. The molecule has 1 aromatic heterocycles. The Bertz CT molecular complexity index is 576. The van der Waals surface area contributed by atoms with Gasteiger partial charge in [-0.1, -0.05) is 6.92 Å². The van der Waals surface area contributed by atoms with Crippen molar-refractivity contribution in [2.45, 2.75) is 50.0 Å². The van der Waals surface area contributed by atoms with Gasteiger partial charge in [-0.15, -0.1) is 0 Å². The van der Waals surface area contributed by atoms with Gasteiger partial charge in [-0.2, -0.15) is 0 Å². The molecule has 21 heavy (non-hydrogen) atoms. The van der Waals surface area contributed by atoms with Crippen molar-refractivity contribution in [1.82, 2.24) is 4.98 Å². The van der Waals surface area contributed by atoms with Crippen LogP contribution in [0.5, 0.6) is 0 Å². The lowest BCUT2D eigenvalue weighted by Gasteiger charge is -2.34. The van der Waals surface area contributed by atoms with E-state index >= 15 is 0 Å². The fraction of sp³-hybridized carbons (Fsp3) is 0.667. The second-order valence-electron chi connectivity index (χ2n) is 6.32. The Labute approximate surface area is 127 Å². The molecule has 0 aromatic carbocycles. The van der Waals surface area contributed by atoms with Gasteiger partial charge in [0.2, 0.25) is 0 Å². The van der Waals surface area contributed by atoms with Gasteiger partial charge in [0.25, 0.3) is 0 Å². The van der Waals surface area contributed by atoms with Crippen LogP contribution in [0.3, 0.4) is 0 Å². The summed E-state index contributed by atoms with van der Waals surface area (Å²) in [6.07, 6.45) is 2.86. The lowest BCUT2D eigenvalue weighted by molar-refractivity contribution is 0.0384. The standard InChI is InChI=1S/C15H24N2O3S/c1-5-13-11-17(8-9-20-13)12-6-7-14(16-10-12)21(18,19)15(2,3)4/h6-7,10,13H,5,8-9,11H2,1-4H3/t13-/m1/s1. The maximum Gasteiger partial charge on any atom is 0.200 e. The van der Waals surface area contributed by atoms with Crippen LogP contribution in [0.15, 0.2) is 23.4 Å². The lowest BCUT2D eigenvalue weighted by Crippen LogP contribution is -2.42. The van der Waals surface area contributed by atoms with Gasteiger partial charge in [-0.05, 0) is 39.3 Å². The number of nitrogens with zero attached hydrogens (tertiary/aromatic N) is 2. The second-order valence-corrected chi connectivity index (χ2v) is 8.97. The topological polar surface area (TPSA) is 59.5 Å². The average Bonchev–Trinajstić information content (AvgIpc) is 2.46. The van der Waals surface area contributed by atoms with Crippen molar-refractivity contribution in [1.29, 1.82) is 0 Å². The van der Waals surface area contributed by atoms with Gasteiger partial charge in [0, 0.05) is 13.1 Å². The van der Waals surface area contributed by atoms with E-state index in [1.54, 1.807) is 33.0 Å². The SMILES string of the molecule is CC[C@@H]1CN(c2ccc(S(=O)(=O)C(C)(C)C)nc2)CCO1. The van der Waals surface area contributed by atoms with Gasteiger partial charge in [-0.3, -0.25) is 0 Å². The van der Waals surface area contributed by atoms with Gasteiger partial charge >= 0.3 is 0 Å². The highest BCUT2D eigenvalue weighted by Crippen LogP contribution is 2.25. The van der Waals surface area contributed by atoms with E-state index in [2.05, 4.69) is 16.8 Å². The summed E-state index contributed by atoms with van der Waals surface area (Å²) in [5, 5.41) is 0.138. The molecule has 5 nitrogen and oxygen atoms in total. The van der Waals surface area contributed by atoms with Crippen LogP contribution in [-0.4, -0.2) is 43.9 Å². The predicted octanol–water partition coefficient (Wildman–Crippen LogP) is 2.27. The molecule has 1 fully saturated rings. The molecule has 0 spiro atoms. The van der Waals surface area contributed by atoms with Crippen LogP contribution in [0.4, 0.5) is 5.69 Å². The Hall–Kier alpha value is -1.14. The van der Waals surface area contributed by atoms with Crippen molar-refractivity contribution in [3.05, 3.63) is 18.3 Å². The first-order valence-electron chi connectivity index (χ1n) is 7.33. The fourth-order valence-electron chi connectivity index (χ4n) is 2.23. The minimum atomic E-state index is -3.39. The molecule has 2 rings (SSSR count). The number of rotatable bonds is 3. The van der Waals surface area contributed by atoms with Crippen molar-refractivity contribution < 1.29 is 13.2 Å². The van der Waals surface area contributed by atoms with Gasteiger partial charge in [0.15, 0.2) is 14.9 Å². The van der Waals surface area contributed by atoms with E-state index in [9.17, 15) is 8.42 Å². The van der Waals surface area contributed by atoms with Crippen LogP contribution in [0, 0.1) is 0 Å². The summed E-state index contributed by atoms with van der Waals surface area (Å²) < 4.78 is 29.5. The Morgan fingerprint density at radius 3 is 2.62 bits per heavy atom. The maximum atomic E-state index is 12.3. The highest BCUT2D eigenvalue weighted by Gasteiger charge is 2.32. The minimum Gasteiger partial charge on any atom is -0.375 e. The third-order valence-corrected chi connectivity index (χ3v) is 6.17. The molecule has 0 aliphatic carbocycles. The van der Waals surface area contributed by atoms with Crippen LogP contribution in [0.2, 0.25) is 0 Å². The molecule has 1 aliphatic heterocycles. The molecule has 6 heteroatoms. The van der Waals surface area contributed by atoms with Gasteiger partial charge in [0.1, 0.15) is 0 Å². The molecular formula is C15H24N2O3S. The first kappa shape index (κ1) is 16.2. The first-order valence-corrected chi connectivity index (χ1v) is 8.81. The van der Waals surface area contributed by atoms with Gasteiger partial charge in [-0.25, -0.2) is 13.4 Å². The van der Waals surface area contributed by atoms with Crippen LogP contribution in [0.25, 0.3) is 0 Å². The van der Waals surface area contributed by atoms with Crippen molar-refractivity contribution in [2.75, 3.05) is 24.6 Å². The zero-order valence-electron chi connectivity index (χ0n) is 13.2. The van der Waals surface area contributed by atoms with E-state index < -0.39 is 14.6 Å². The smallest absolute Gasteiger partial charge is 0.200 e. The molecule has 2 heterocycles. The molecule has 1 saturated heterocycles. The largest absolute Gasteiger partial charge is 0.375 e. The summed E-state index contributed by atoms with van der Waals surface area (Å²) in [4.78, 5) is 6.37. The molecule has 0 unspecified atom stereocenters. The van der Waals surface area contributed by atoms with Crippen LogP contribution < -0.4 is 4.90 Å². The fourth-order valence-corrected chi connectivity index (χ4v) is 3.30. The number of ether oxygens (including phenoxy) is 1. The predicted molar refractivity (Wildman–Crippen MR) is 83.4 cm³/mol. The summed E-state index contributed by atoms with van der Waals surface area (Å²) in [5.41, 5.74) is 0.949. The summed E-state index contributed by atoms with van der Waals surface area (Å²) >= 11 is 0. The first-order chi connectivity index (χ1) is 9.75. The van der Waals surface area contributed by atoms with E-state index in [1.165, 1.54) is 0 Å². The number of aromatic nitrogens is 1. The molecule has 0 radical (unpaired) electrons. The summed E-state index contributed by atoms with van der Waals surface area (Å²) in [6.45, 7) is 9.49. The lowest BCUT2D eigenvalue weighted by atomic mass is 10.2. The molecule has 0 saturated carbocycles. The van der Waals surface area contributed by atoms with Crippen LogP contribution in [-0.2, 0) is 14.6 Å². The number of hydrogen-bond acceptors (Lipinski definition) is 5. The van der Waals surface area contributed by atoms with Gasteiger partial charge in [0.05, 0.1) is 29.3 Å². The number of hydrogen-bond donors (Lipinski definition) is 0. The summed E-state index contributed by atoms with van der Waals surface area (Å²) in [6, 6.07) is 3.44. The third kappa shape index (κ3) is 3.37. The van der Waals surface area contributed by atoms with Gasteiger partial charge < -0.3 is 9.64 Å². The summed E-state index contributed by atoms with van der Waals surface area (Å²) in [5.74, 6) is 0. The molecule has 0 bridgehead atoms.